The zero-order valence-corrected chi connectivity index (χ0v) is 21.1. The maximum absolute atomic E-state index is 15.6. The summed E-state index contributed by atoms with van der Waals surface area (Å²) >= 11 is 0. The summed E-state index contributed by atoms with van der Waals surface area (Å²) in [5.74, 6) is 0.168. The molecule has 0 saturated heterocycles. The molecule has 0 aromatic heterocycles. The number of fused-ring (bicyclic) bond motifs is 7. The van der Waals surface area contributed by atoms with Crippen LogP contribution in [-0.4, -0.2) is 23.1 Å². The van der Waals surface area contributed by atoms with E-state index in [0.29, 0.717) is 18.4 Å². The Morgan fingerprint density at radius 1 is 1.12 bits per heavy atom. The lowest BCUT2D eigenvalue weighted by Gasteiger charge is -2.58. The summed E-state index contributed by atoms with van der Waals surface area (Å²) in [6.07, 6.45) is 11.0. The highest BCUT2D eigenvalue weighted by Gasteiger charge is 2.71. The van der Waals surface area contributed by atoms with Gasteiger partial charge >= 0.3 is 5.97 Å². The van der Waals surface area contributed by atoms with Crippen molar-refractivity contribution in [1.82, 2.24) is 0 Å². The van der Waals surface area contributed by atoms with Crippen LogP contribution in [0, 0.1) is 40.4 Å². The van der Waals surface area contributed by atoms with E-state index in [1.54, 1.807) is 19.1 Å². The normalized spacial score (nSPS) is 44.1. The molecule has 0 aliphatic heterocycles. The molecule has 0 aromatic rings. The number of Topliss-reactive ketones (excluding diaryl/α,β-unsaturated/α-hetero) is 1. The summed E-state index contributed by atoms with van der Waals surface area (Å²) in [7, 11) is 0. The van der Waals surface area contributed by atoms with Crippen molar-refractivity contribution in [3.63, 3.8) is 0 Å². The Morgan fingerprint density at radius 3 is 2.53 bits per heavy atom. The standard InChI is InChI=1S/C29H39FO4/c1-5-7-8-9-26(33)34-29(17(3)31)13-11-21-18-15-24(30)23-16-25(32)19-14-22(19)27(23,4)20(18)10-12-28(21,29)6-2/h15-16,18-22H,5-14H2,1-4H3/t18-,19?,20-,21+,22?,27-,28+,29-/m1/s1. The molecular weight excluding hydrogens is 431 g/mol. The molecule has 2 unspecified atom stereocenters. The maximum atomic E-state index is 15.6. The van der Waals surface area contributed by atoms with E-state index < -0.39 is 11.0 Å². The summed E-state index contributed by atoms with van der Waals surface area (Å²) in [6.45, 7) is 7.96. The summed E-state index contributed by atoms with van der Waals surface area (Å²) < 4.78 is 21.8. The Bertz CT molecular complexity index is 981. The van der Waals surface area contributed by atoms with Gasteiger partial charge in [-0.15, -0.1) is 0 Å². The first-order valence-electron chi connectivity index (χ1n) is 13.5. The molecule has 0 spiro atoms. The van der Waals surface area contributed by atoms with E-state index in [1.165, 1.54) is 0 Å². The van der Waals surface area contributed by atoms with Crippen LogP contribution in [0.15, 0.2) is 23.6 Å². The van der Waals surface area contributed by atoms with Crippen LogP contribution in [-0.2, 0) is 19.1 Å². The van der Waals surface area contributed by atoms with Crippen LogP contribution in [0.3, 0.4) is 0 Å². The Labute approximate surface area is 202 Å². The minimum Gasteiger partial charge on any atom is -0.450 e. The zero-order valence-electron chi connectivity index (χ0n) is 21.1. The lowest BCUT2D eigenvalue weighted by molar-refractivity contribution is -0.190. The second kappa shape index (κ2) is 8.13. The predicted molar refractivity (Wildman–Crippen MR) is 127 cm³/mol. The smallest absolute Gasteiger partial charge is 0.306 e. The molecule has 5 rings (SSSR count). The zero-order chi connectivity index (χ0) is 24.5. The quantitative estimate of drug-likeness (QED) is 0.324. The number of ketones is 2. The van der Waals surface area contributed by atoms with Crippen LogP contribution in [0.5, 0.6) is 0 Å². The molecule has 0 amide bonds. The molecule has 3 saturated carbocycles. The van der Waals surface area contributed by atoms with Crippen LogP contribution in [0.2, 0.25) is 0 Å². The van der Waals surface area contributed by atoms with Gasteiger partial charge in [0.25, 0.3) is 0 Å². The molecule has 0 aromatic carbocycles. The monoisotopic (exact) mass is 470 g/mol. The van der Waals surface area contributed by atoms with Crippen molar-refractivity contribution in [2.45, 2.75) is 97.5 Å². The van der Waals surface area contributed by atoms with Crippen molar-refractivity contribution in [3.8, 4) is 0 Å². The van der Waals surface area contributed by atoms with E-state index in [2.05, 4.69) is 20.8 Å². The molecule has 0 radical (unpaired) electrons. The Hall–Kier alpha value is -1.78. The fourth-order valence-electron chi connectivity index (χ4n) is 9.03. The number of hydrogen-bond acceptors (Lipinski definition) is 4. The molecule has 0 bridgehead atoms. The maximum Gasteiger partial charge on any atom is 0.306 e. The summed E-state index contributed by atoms with van der Waals surface area (Å²) in [6, 6.07) is 0. The van der Waals surface area contributed by atoms with Crippen LogP contribution < -0.4 is 0 Å². The van der Waals surface area contributed by atoms with E-state index in [-0.39, 0.29) is 58.4 Å². The van der Waals surface area contributed by atoms with Crippen molar-refractivity contribution < 1.29 is 23.5 Å². The largest absolute Gasteiger partial charge is 0.450 e. The van der Waals surface area contributed by atoms with Crippen LogP contribution >= 0.6 is 0 Å². The number of allylic oxidation sites excluding steroid dienone is 4. The Balaban J connectivity index is 1.51. The molecule has 186 valence electrons. The molecular formula is C29H39FO4. The number of esters is 1. The van der Waals surface area contributed by atoms with Gasteiger partial charge in [-0.3, -0.25) is 14.4 Å². The molecule has 8 atom stereocenters. The number of halogens is 1. The van der Waals surface area contributed by atoms with Gasteiger partial charge < -0.3 is 4.74 Å². The highest BCUT2D eigenvalue weighted by Crippen LogP contribution is 2.73. The van der Waals surface area contributed by atoms with Gasteiger partial charge in [0.05, 0.1) is 0 Å². The van der Waals surface area contributed by atoms with Gasteiger partial charge in [0.1, 0.15) is 5.83 Å². The number of carbonyl (C=O) groups excluding carboxylic acids is 3. The molecule has 5 aliphatic rings. The van der Waals surface area contributed by atoms with Crippen molar-refractivity contribution in [2.24, 2.45) is 40.4 Å². The highest BCUT2D eigenvalue weighted by atomic mass is 19.1. The lowest BCUT2D eigenvalue weighted by Crippen LogP contribution is -2.59. The topological polar surface area (TPSA) is 60.4 Å². The van der Waals surface area contributed by atoms with Gasteiger partial charge in [-0.25, -0.2) is 4.39 Å². The minimum absolute atomic E-state index is 0.00493. The van der Waals surface area contributed by atoms with E-state index in [0.717, 1.165) is 51.4 Å². The third-order valence-corrected chi connectivity index (χ3v) is 10.8. The second-order valence-corrected chi connectivity index (χ2v) is 11.9. The van der Waals surface area contributed by atoms with E-state index >= 15 is 4.39 Å². The third-order valence-electron chi connectivity index (χ3n) is 10.8. The van der Waals surface area contributed by atoms with E-state index in [4.69, 9.17) is 4.74 Å². The van der Waals surface area contributed by atoms with Crippen molar-refractivity contribution in [2.75, 3.05) is 0 Å². The molecule has 5 aliphatic carbocycles. The average Bonchev–Trinajstić information content (AvgIpc) is 3.55. The first-order chi connectivity index (χ1) is 16.2. The first kappa shape index (κ1) is 23.9. The fraction of sp³-hybridized carbons (Fsp3) is 0.759. The lowest BCUT2D eigenvalue weighted by atomic mass is 9.46. The number of unbranched alkanes of at least 4 members (excludes halogenated alkanes) is 2. The first-order valence-corrected chi connectivity index (χ1v) is 13.5. The van der Waals surface area contributed by atoms with E-state index in [9.17, 15) is 14.4 Å². The molecule has 3 fully saturated rings. The average molecular weight is 471 g/mol. The van der Waals surface area contributed by atoms with Gasteiger partial charge in [-0.2, -0.15) is 0 Å². The van der Waals surface area contributed by atoms with Gasteiger partial charge in [0, 0.05) is 23.2 Å². The molecule has 0 heterocycles. The van der Waals surface area contributed by atoms with Gasteiger partial charge in [0.15, 0.2) is 17.2 Å². The number of ether oxygens (including phenoxy) is 1. The molecule has 5 heteroatoms. The van der Waals surface area contributed by atoms with Gasteiger partial charge in [-0.1, -0.05) is 33.6 Å². The molecule has 0 N–H and O–H groups in total. The van der Waals surface area contributed by atoms with Crippen molar-refractivity contribution in [1.29, 1.82) is 0 Å². The molecule has 4 nitrogen and oxygen atoms in total. The summed E-state index contributed by atoms with van der Waals surface area (Å²) in [5.41, 5.74) is -1.27. The highest BCUT2D eigenvalue weighted by molar-refractivity contribution is 5.97. The van der Waals surface area contributed by atoms with Crippen LogP contribution in [0.1, 0.15) is 91.9 Å². The van der Waals surface area contributed by atoms with E-state index in [1.807, 2.05) is 0 Å². The van der Waals surface area contributed by atoms with Crippen LogP contribution in [0.4, 0.5) is 4.39 Å². The SMILES string of the molecule is CCCCCC(=O)O[C@@]1(C(C)=O)CC[C@H]2[C@@H]3C=C(F)C4=CC(=O)C5CC5[C@@]4(C)[C@@H]3CC[C@@]21CC. The van der Waals surface area contributed by atoms with Crippen LogP contribution in [0.25, 0.3) is 0 Å². The number of carbonyl (C=O) groups is 3. The van der Waals surface area contributed by atoms with Gasteiger partial charge in [-0.05, 0) is 93.3 Å². The second-order valence-electron chi connectivity index (χ2n) is 11.9. The predicted octanol–water partition coefficient (Wildman–Crippen LogP) is 6.29. The van der Waals surface area contributed by atoms with Gasteiger partial charge in [0.2, 0.25) is 0 Å². The van der Waals surface area contributed by atoms with Crippen molar-refractivity contribution in [3.05, 3.63) is 23.6 Å². The fourth-order valence-corrected chi connectivity index (χ4v) is 9.03. The minimum atomic E-state index is -1.10. The Morgan fingerprint density at radius 2 is 1.85 bits per heavy atom. The number of hydrogen-bond donors (Lipinski definition) is 0. The summed E-state index contributed by atoms with van der Waals surface area (Å²) in [4.78, 5) is 38.6. The Kier molecular flexibility index (Phi) is 5.72. The summed E-state index contributed by atoms with van der Waals surface area (Å²) in [5, 5.41) is 0. The van der Waals surface area contributed by atoms with Crippen molar-refractivity contribution >= 4 is 17.5 Å². The molecule has 34 heavy (non-hydrogen) atoms. The third kappa shape index (κ3) is 3.03. The number of rotatable bonds is 7.